The van der Waals surface area contributed by atoms with E-state index >= 15 is 0 Å². The molecule has 67 heavy (non-hydrogen) atoms. The molecule has 1 amide bonds. The van der Waals surface area contributed by atoms with Crippen molar-refractivity contribution in [1.82, 2.24) is 5.32 Å². The largest absolute Gasteiger partial charge is 0.497 e. The van der Waals surface area contributed by atoms with Gasteiger partial charge in [0.1, 0.15) is 54.2 Å². The normalized spacial score (nSPS) is 44.5. The Morgan fingerprint density at radius 2 is 1.49 bits per heavy atom. The first-order valence-electron chi connectivity index (χ1n) is 24.5. The number of hydrogen-bond donors (Lipinski definition) is 7. The molecule has 6 fully saturated rings. The lowest BCUT2D eigenvalue weighted by Gasteiger charge is -2.71. The minimum absolute atomic E-state index is 0.0315. The summed E-state index contributed by atoms with van der Waals surface area (Å²) < 4.78 is 35.5. The molecule has 2 heterocycles. The van der Waals surface area contributed by atoms with Crippen molar-refractivity contribution >= 4 is 18.0 Å². The molecule has 8 rings (SSSR count). The molecule has 7 aliphatic rings. The molecule has 0 radical (unpaired) electrons. The first-order valence-corrected chi connectivity index (χ1v) is 24.5. The molecule has 2 saturated heterocycles. The van der Waals surface area contributed by atoms with E-state index in [9.17, 15) is 40.2 Å². The van der Waals surface area contributed by atoms with E-state index in [0.717, 1.165) is 51.4 Å². The van der Waals surface area contributed by atoms with Gasteiger partial charge in [-0.3, -0.25) is 9.59 Å². The average Bonchev–Trinajstić information content (AvgIpc) is 3.28. The predicted octanol–water partition coefficient (Wildman–Crippen LogP) is 5.38. The van der Waals surface area contributed by atoms with Crippen LogP contribution in [0.15, 0.2) is 35.9 Å². The van der Waals surface area contributed by atoms with Gasteiger partial charge in [-0.25, -0.2) is 0 Å². The van der Waals surface area contributed by atoms with Crippen LogP contribution in [-0.2, 0) is 28.5 Å². The third kappa shape index (κ3) is 8.57. The second kappa shape index (κ2) is 18.2. The topological polar surface area (TPSA) is 223 Å². The summed E-state index contributed by atoms with van der Waals surface area (Å²) in [6, 6.07) is 3.98. The minimum atomic E-state index is -1.58. The second-order valence-corrected chi connectivity index (χ2v) is 23.3. The van der Waals surface area contributed by atoms with Crippen molar-refractivity contribution in [2.75, 3.05) is 27.4 Å². The number of carboxylic acids is 1. The SMILES string of the molecule is COc1cc(/C=C/C(=O)N[C@H]2[C@H](O[C@H]3CC[C@]4(C)[C@H]5CC=C6[C@@H]7CC(C)(C)CC[C@]7(C(=O)O)CC[C@@]6(C)[C@]5(C)CC[C@H]4C3(C)C)O[C@H](CO[C@@H]3OC[C@H](O)[C@H](O)[C@H]3O)[C@@H](O)[C@@H]2O)cc(OC)c1. The van der Waals surface area contributed by atoms with E-state index in [2.05, 4.69) is 59.9 Å². The zero-order valence-corrected chi connectivity index (χ0v) is 40.9. The van der Waals surface area contributed by atoms with Crippen LogP contribution in [0.4, 0.5) is 0 Å². The van der Waals surface area contributed by atoms with Gasteiger partial charge in [0.25, 0.3) is 0 Å². The Balaban J connectivity index is 1.04. The molecule has 0 bridgehead atoms. The van der Waals surface area contributed by atoms with E-state index in [-0.39, 0.29) is 52.8 Å². The number of carboxylic acid groups (broad SMARTS) is 1. The Morgan fingerprint density at radius 1 is 0.806 bits per heavy atom. The fourth-order valence-corrected chi connectivity index (χ4v) is 14.8. The van der Waals surface area contributed by atoms with Crippen molar-refractivity contribution in [2.45, 2.75) is 174 Å². The van der Waals surface area contributed by atoms with E-state index < -0.39 is 78.0 Å². The molecule has 15 nitrogen and oxygen atoms in total. The zero-order chi connectivity index (χ0) is 48.6. The fraction of sp³-hybridized carbons (Fsp3) is 0.769. The van der Waals surface area contributed by atoms with Gasteiger partial charge in [0.05, 0.1) is 39.0 Å². The number of fused-ring (bicyclic) bond motifs is 7. The number of benzene rings is 1. The number of amides is 1. The summed E-state index contributed by atoms with van der Waals surface area (Å²) in [5.41, 5.74) is 0.750. The Bertz CT molecular complexity index is 2050. The Hall–Kier alpha value is -3.12. The lowest BCUT2D eigenvalue weighted by atomic mass is 9.33. The number of aliphatic carboxylic acids is 1. The van der Waals surface area contributed by atoms with Gasteiger partial charge in [0.15, 0.2) is 12.6 Å². The Kier molecular flexibility index (Phi) is 13.7. The lowest BCUT2D eigenvalue weighted by molar-refractivity contribution is -0.322. The molecule has 4 saturated carbocycles. The van der Waals surface area contributed by atoms with Gasteiger partial charge in [0, 0.05) is 12.1 Å². The fourth-order valence-electron chi connectivity index (χ4n) is 14.8. The van der Waals surface area contributed by atoms with E-state index in [1.807, 2.05) is 0 Å². The summed E-state index contributed by atoms with van der Waals surface area (Å²) in [5, 5.41) is 67.7. The maximum absolute atomic E-state index is 13.7. The van der Waals surface area contributed by atoms with Crippen LogP contribution >= 0.6 is 0 Å². The smallest absolute Gasteiger partial charge is 0.310 e. The van der Waals surface area contributed by atoms with Gasteiger partial charge in [0.2, 0.25) is 5.91 Å². The van der Waals surface area contributed by atoms with E-state index in [1.165, 1.54) is 25.9 Å². The molecule has 17 atom stereocenters. The molecule has 2 aliphatic heterocycles. The number of hydrogen-bond acceptors (Lipinski definition) is 13. The van der Waals surface area contributed by atoms with Crippen molar-refractivity contribution in [3.63, 3.8) is 0 Å². The van der Waals surface area contributed by atoms with E-state index in [0.29, 0.717) is 35.8 Å². The molecular weight excluding hydrogens is 863 g/mol. The van der Waals surface area contributed by atoms with Gasteiger partial charge >= 0.3 is 5.97 Å². The molecule has 1 aromatic rings. The molecular formula is C52H77NO14. The molecule has 0 unspecified atom stereocenters. The summed E-state index contributed by atoms with van der Waals surface area (Å²) in [6.45, 7) is 15.8. The van der Waals surface area contributed by atoms with Crippen molar-refractivity contribution in [1.29, 1.82) is 0 Å². The number of allylic oxidation sites excluding steroid dienone is 2. The first-order chi connectivity index (χ1) is 31.4. The third-order valence-electron chi connectivity index (χ3n) is 19.0. The highest BCUT2D eigenvalue weighted by molar-refractivity contribution is 5.92. The molecule has 0 aromatic heterocycles. The standard InChI is InChI=1S/C52H77NO14/c1-47(2)18-20-52(46(60)61)21-19-50(6)31(32(52)25-47)11-12-36-49(5)16-15-37(48(3,4)35(49)14-17-51(36,50)7)67-44-39(53-38(55)13-10-28-22-29(62-8)24-30(23-28)63-9)42(58)41(57)34(66-44)27-65-45-43(59)40(56)33(54)26-64-45/h10-11,13,22-24,32-37,39-45,54,56-59H,12,14-21,25-27H2,1-9H3,(H,53,55)(H,60,61)/b13-10+/t32-,33-,34+,35-,36+,37-,39+,40-,41+,42+,43+,44-,45-,49-,50+,51+,52-/m0/s1. The van der Waals surface area contributed by atoms with Crippen molar-refractivity contribution in [2.24, 2.45) is 50.2 Å². The van der Waals surface area contributed by atoms with Crippen LogP contribution in [0.3, 0.4) is 0 Å². The molecule has 0 spiro atoms. The van der Waals surface area contributed by atoms with Crippen LogP contribution in [0.1, 0.15) is 118 Å². The lowest BCUT2D eigenvalue weighted by Crippen LogP contribution is -2.67. The second-order valence-electron chi connectivity index (χ2n) is 23.3. The number of nitrogens with one attached hydrogen (secondary N) is 1. The van der Waals surface area contributed by atoms with Crippen molar-refractivity contribution in [3.8, 4) is 11.5 Å². The highest BCUT2D eigenvalue weighted by Crippen LogP contribution is 2.76. The van der Waals surface area contributed by atoms with Gasteiger partial charge in [-0.2, -0.15) is 0 Å². The quantitative estimate of drug-likeness (QED) is 0.0842. The van der Waals surface area contributed by atoms with E-state index in [1.54, 1.807) is 24.3 Å². The van der Waals surface area contributed by atoms with Gasteiger partial charge in [-0.15, -0.1) is 0 Å². The maximum atomic E-state index is 13.7. The van der Waals surface area contributed by atoms with Gasteiger partial charge < -0.3 is 64.4 Å². The number of ether oxygens (including phenoxy) is 6. The first kappa shape index (κ1) is 50.3. The van der Waals surface area contributed by atoms with Crippen molar-refractivity contribution < 1.29 is 68.6 Å². The third-order valence-corrected chi connectivity index (χ3v) is 19.0. The average molecular weight is 940 g/mol. The molecule has 5 aliphatic carbocycles. The Labute approximate surface area is 395 Å². The minimum Gasteiger partial charge on any atom is -0.497 e. The van der Waals surface area contributed by atoms with E-state index in [4.69, 9.17) is 28.4 Å². The highest BCUT2D eigenvalue weighted by atomic mass is 16.7. The highest BCUT2D eigenvalue weighted by Gasteiger charge is 2.69. The number of aliphatic hydroxyl groups is 5. The van der Waals surface area contributed by atoms with Gasteiger partial charge in [-0.05, 0) is 133 Å². The van der Waals surface area contributed by atoms with Gasteiger partial charge in [-0.1, -0.05) is 60.1 Å². The number of methoxy groups -OCH3 is 2. The monoisotopic (exact) mass is 940 g/mol. The summed E-state index contributed by atoms with van der Waals surface area (Å²) in [6.07, 6.45) is 2.15. The molecule has 1 aromatic carbocycles. The number of aliphatic hydroxyl groups excluding tert-OH is 5. The molecule has 7 N–H and O–H groups in total. The van der Waals surface area contributed by atoms with Crippen LogP contribution in [0.25, 0.3) is 6.08 Å². The summed E-state index contributed by atoms with van der Waals surface area (Å²) in [4.78, 5) is 26.9. The van der Waals surface area contributed by atoms with Crippen LogP contribution in [-0.4, -0.2) is 131 Å². The summed E-state index contributed by atoms with van der Waals surface area (Å²) >= 11 is 0. The van der Waals surface area contributed by atoms with Crippen molar-refractivity contribution in [3.05, 3.63) is 41.5 Å². The molecule has 374 valence electrons. The number of carbonyl (C=O) groups is 2. The number of rotatable bonds is 11. The Morgan fingerprint density at radius 3 is 2.16 bits per heavy atom. The maximum Gasteiger partial charge on any atom is 0.310 e. The number of carbonyl (C=O) groups excluding carboxylic acids is 1. The zero-order valence-electron chi connectivity index (χ0n) is 40.9. The van der Waals surface area contributed by atoms with Crippen LogP contribution in [0.5, 0.6) is 11.5 Å². The van der Waals surface area contributed by atoms with Crippen LogP contribution in [0, 0.1) is 50.2 Å². The van der Waals surface area contributed by atoms with Crippen LogP contribution in [0.2, 0.25) is 0 Å². The summed E-state index contributed by atoms with van der Waals surface area (Å²) in [7, 11) is 3.06. The van der Waals surface area contributed by atoms with Crippen LogP contribution < -0.4 is 14.8 Å². The molecule has 15 heteroatoms. The predicted molar refractivity (Wildman–Crippen MR) is 246 cm³/mol. The summed E-state index contributed by atoms with van der Waals surface area (Å²) in [5.74, 6) is 0.480.